The largest absolute Gasteiger partial charge is 0.435 e. The van der Waals surface area contributed by atoms with Crippen molar-refractivity contribution in [2.75, 3.05) is 4.83 Å². The Morgan fingerprint density at radius 2 is 1.64 bits per heavy atom. The van der Waals surface area contributed by atoms with Gasteiger partial charge in [-0.3, -0.25) is 0 Å². The highest BCUT2D eigenvalue weighted by Crippen LogP contribution is 2.36. The van der Waals surface area contributed by atoms with Crippen molar-refractivity contribution in [3.8, 4) is 10.6 Å². The molecule has 1 N–H and O–H groups in total. The van der Waals surface area contributed by atoms with Crippen molar-refractivity contribution in [1.82, 2.24) is 9.89 Å². The average molecular weight is 423 g/mol. The first-order valence-corrected chi connectivity index (χ1v) is 10.3. The molecule has 0 unspecified atom stereocenters. The van der Waals surface area contributed by atoms with Crippen LogP contribution in [0.2, 0.25) is 0 Å². The second kappa shape index (κ2) is 6.64. The fraction of sp³-hybridized carbons (Fsp3) is 0.0556. The number of hydrogen-bond donors (Lipinski definition) is 1. The number of thiophene rings is 1. The van der Waals surface area contributed by atoms with Gasteiger partial charge in [0.15, 0.2) is 5.69 Å². The minimum Gasteiger partial charge on any atom is -0.200 e. The first-order chi connectivity index (χ1) is 13.2. The van der Waals surface area contributed by atoms with Crippen LogP contribution in [0.3, 0.4) is 0 Å². The summed E-state index contributed by atoms with van der Waals surface area (Å²) in [5, 5.41) is 4.29. The second-order valence-corrected chi connectivity index (χ2v) is 8.63. The molecule has 4 rings (SSSR count). The molecule has 0 aliphatic carbocycles. The molecule has 4 aromatic rings. The van der Waals surface area contributed by atoms with Crippen LogP contribution in [0.25, 0.3) is 20.7 Å². The van der Waals surface area contributed by atoms with Crippen molar-refractivity contribution in [1.29, 1.82) is 0 Å². The quantitative estimate of drug-likeness (QED) is 0.517. The smallest absolute Gasteiger partial charge is 0.200 e. The molecule has 0 saturated heterocycles. The lowest BCUT2D eigenvalue weighted by atomic mass is 10.2. The molecule has 2 aromatic carbocycles. The molecule has 0 spiro atoms. The van der Waals surface area contributed by atoms with Crippen LogP contribution in [0.15, 0.2) is 71.6 Å². The van der Waals surface area contributed by atoms with Gasteiger partial charge in [0.05, 0.1) is 9.77 Å². The Kier molecular flexibility index (Phi) is 4.39. The van der Waals surface area contributed by atoms with Crippen molar-refractivity contribution in [2.45, 2.75) is 11.1 Å². The van der Waals surface area contributed by atoms with Crippen LogP contribution in [0.5, 0.6) is 0 Å². The molecule has 10 heteroatoms. The van der Waals surface area contributed by atoms with Crippen LogP contribution < -0.4 is 4.83 Å². The van der Waals surface area contributed by atoms with Crippen LogP contribution >= 0.6 is 11.3 Å². The molecule has 0 bridgehead atoms. The van der Waals surface area contributed by atoms with E-state index in [2.05, 4.69) is 9.93 Å². The van der Waals surface area contributed by atoms with Crippen LogP contribution in [0, 0.1) is 0 Å². The Morgan fingerprint density at radius 1 is 0.964 bits per heavy atom. The molecule has 0 aliphatic rings. The molecule has 0 saturated carbocycles. The molecule has 0 atom stereocenters. The lowest BCUT2D eigenvalue weighted by Crippen LogP contribution is -2.25. The second-order valence-electron chi connectivity index (χ2n) is 5.88. The summed E-state index contributed by atoms with van der Waals surface area (Å²) in [4.78, 5) is 3.16. The van der Waals surface area contributed by atoms with Gasteiger partial charge in [-0.15, -0.1) is 16.4 Å². The van der Waals surface area contributed by atoms with Gasteiger partial charge >= 0.3 is 6.18 Å². The van der Waals surface area contributed by atoms with E-state index in [1.165, 1.54) is 35.6 Å². The fourth-order valence-corrected chi connectivity index (χ4v) is 4.69. The average Bonchev–Trinajstić information content (AvgIpc) is 3.25. The Labute approximate surface area is 162 Å². The topological polar surface area (TPSA) is 64.0 Å². The number of aromatic nitrogens is 2. The van der Waals surface area contributed by atoms with E-state index in [4.69, 9.17) is 0 Å². The highest BCUT2D eigenvalue weighted by atomic mass is 32.2. The van der Waals surface area contributed by atoms with Crippen LogP contribution in [-0.2, 0) is 16.2 Å². The summed E-state index contributed by atoms with van der Waals surface area (Å²) in [6, 6.07) is 17.2. The van der Waals surface area contributed by atoms with E-state index < -0.39 is 21.9 Å². The number of hydrogen-bond acceptors (Lipinski definition) is 4. The zero-order chi connectivity index (χ0) is 19.9. The van der Waals surface area contributed by atoms with Crippen molar-refractivity contribution >= 4 is 31.4 Å². The predicted molar refractivity (Wildman–Crippen MR) is 101 cm³/mol. The number of nitrogens with zero attached hydrogens (tertiary/aromatic N) is 2. The van der Waals surface area contributed by atoms with E-state index >= 15 is 0 Å². The molecule has 28 heavy (non-hydrogen) atoms. The number of benzene rings is 2. The number of halogens is 3. The lowest BCUT2D eigenvalue weighted by molar-refractivity contribution is -0.141. The van der Waals surface area contributed by atoms with Crippen molar-refractivity contribution in [3.05, 3.63) is 72.4 Å². The van der Waals surface area contributed by atoms with Crippen LogP contribution in [0.4, 0.5) is 13.2 Å². The van der Waals surface area contributed by atoms with Crippen LogP contribution in [-0.4, -0.2) is 18.3 Å². The molecule has 0 fully saturated rings. The van der Waals surface area contributed by atoms with E-state index in [9.17, 15) is 21.6 Å². The van der Waals surface area contributed by atoms with E-state index in [1.807, 2.05) is 24.3 Å². The normalized spacial score (nSPS) is 12.4. The number of fused-ring (bicyclic) bond motifs is 1. The maximum absolute atomic E-state index is 13.2. The Bertz CT molecular complexity index is 1210. The zero-order valence-corrected chi connectivity index (χ0v) is 15.6. The number of nitrogens with one attached hydrogen (secondary N) is 1. The van der Waals surface area contributed by atoms with Gasteiger partial charge in [-0.05, 0) is 35.7 Å². The summed E-state index contributed by atoms with van der Waals surface area (Å²) in [5.41, 5.74) is -1.18. The summed E-state index contributed by atoms with van der Waals surface area (Å²) in [6.45, 7) is 0. The zero-order valence-electron chi connectivity index (χ0n) is 14.0. The first kappa shape index (κ1) is 18.5. The first-order valence-electron chi connectivity index (χ1n) is 7.98. The van der Waals surface area contributed by atoms with Gasteiger partial charge in [0.25, 0.3) is 10.0 Å². The summed E-state index contributed by atoms with van der Waals surface area (Å²) in [6.07, 6.45) is -4.71. The summed E-state index contributed by atoms with van der Waals surface area (Å²) in [5.74, 6) is 0. The van der Waals surface area contributed by atoms with Crippen molar-refractivity contribution in [3.63, 3.8) is 0 Å². The number of sulfonamides is 1. The Balaban J connectivity index is 1.83. The number of alkyl halides is 3. The third-order valence-corrected chi connectivity index (χ3v) is 6.38. The minimum atomic E-state index is -4.71. The highest BCUT2D eigenvalue weighted by molar-refractivity contribution is 7.92. The molecule has 0 amide bonds. The summed E-state index contributed by atoms with van der Waals surface area (Å²) < 4.78 is 65.6. The summed E-state index contributed by atoms with van der Waals surface area (Å²) >= 11 is 1.25. The van der Waals surface area contributed by atoms with E-state index in [0.717, 1.165) is 16.2 Å². The van der Waals surface area contributed by atoms with E-state index in [0.29, 0.717) is 9.67 Å². The minimum absolute atomic E-state index is 0.00744. The molecule has 5 nitrogen and oxygen atoms in total. The van der Waals surface area contributed by atoms with Gasteiger partial charge in [0, 0.05) is 4.70 Å². The highest BCUT2D eigenvalue weighted by Gasteiger charge is 2.36. The molecular formula is C18H12F3N3O2S2. The fourth-order valence-electron chi connectivity index (χ4n) is 2.64. The van der Waals surface area contributed by atoms with Gasteiger partial charge in [-0.1, -0.05) is 36.4 Å². The maximum Gasteiger partial charge on any atom is 0.435 e. The third-order valence-electron chi connectivity index (χ3n) is 3.94. The van der Waals surface area contributed by atoms with Gasteiger partial charge in [-0.2, -0.15) is 31.2 Å². The maximum atomic E-state index is 13.2. The van der Waals surface area contributed by atoms with Gasteiger partial charge in [0.1, 0.15) is 5.69 Å². The molecular weight excluding hydrogens is 411 g/mol. The Morgan fingerprint density at radius 3 is 2.32 bits per heavy atom. The molecule has 2 aromatic heterocycles. The predicted octanol–water partition coefficient (Wildman–Crippen LogP) is 4.72. The standard InChI is InChI=1S/C18H12F3N3O2S2/c19-18(20,21)17-11-14(16-10-12-6-4-5-9-15(12)27-16)24(22-17)23-28(25,26)13-7-2-1-3-8-13/h1-11,23H. The third kappa shape index (κ3) is 3.48. The molecule has 144 valence electrons. The monoisotopic (exact) mass is 423 g/mol. The Hall–Kier alpha value is -2.85. The number of rotatable bonds is 4. The van der Waals surface area contributed by atoms with Gasteiger partial charge < -0.3 is 0 Å². The van der Waals surface area contributed by atoms with E-state index in [1.54, 1.807) is 12.1 Å². The lowest BCUT2D eigenvalue weighted by Gasteiger charge is -2.10. The van der Waals surface area contributed by atoms with Gasteiger partial charge in [0.2, 0.25) is 0 Å². The summed E-state index contributed by atoms with van der Waals surface area (Å²) in [7, 11) is -4.12. The molecule has 0 radical (unpaired) electrons. The SMILES string of the molecule is O=S(=O)(Nn1nc(C(F)(F)F)cc1-c1cc2ccccc2s1)c1ccccc1. The van der Waals surface area contributed by atoms with Crippen LogP contribution in [0.1, 0.15) is 5.69 Å². The molecule has 2 heterocycles. The van der Waals surface area contributed by atoms with Crippen molar-refractivity contribution < 1.29 is 21.6 Å². The van der Waals surface area contributed by atoms with Crippen molar-refractivity contribution in [2.24, 2.45) is 0 Å². The van der Waals surface area contributed by atoms with E-state index in [-0.39, 0.29) is 10.6 Å². The molecule has 0 aliphatic heterocycles. The van der Waals surface area contributed by atoms with Gasteiger partial charge in [-0.25, -0.2) is 0 Å².